The van der Waals surface area contributed by atoms with Gasteiger partial charge in [0.2, 0.25) is 0 Å². The molecule has 17 heavy (non-hydrogen) atoms. The zero-order valence-corrected chi connectivity index (χ0v) is 9.91. The first kappa shape index (κ1) is 10.4. The smallest absolute Gasteiger partial charge is 0.171 e. The van der Waals surface area contributed by atoms with Crippen molar-refractivity contribution in [1.82, 2.24) is 10.5 Å². The summed E-state index contributed by atoms with van der Waals surface area (Å²) < 4.78 is 10.7. The highest BCUT2D eigenvalue weighted by Gasteiger charge is 2.26. The average Bonchev–Trinajstić information content (AvgIpc) is 2.89. The highest BCUT2D eigenvalue weighted by molar-refractivity contribution is 5.74. The summed E-state index contributed by atoms with van der Waals surface area (Å²) in [4.78, 5) is 0. The van der Waals surface area contributed by atoms with E-state index in [2.05, 4.69) is 16.5 Å². The van der Waals surface area contributed by atoms with Crippen molar-refractivity contribution in [3.8, 4) is 17.1 Å². The fraction of sp³-hybridized carbons (Fsp3) is 0.308. The van der Waals surface area contributed by atoms with Crippen molar-refractivity contribution in [2.24, 2.45) is 0 Å². The van der Waals surface area contributed by atoms with Gasteiger partial charge in [0.25, 0.3) is 0 Å². The van der Waals surface area contributed by atoms with Crippen LogP contribution in [0, 0.1) is 0 Å². The molecule has 0 atom stereocenters. The molecule has 1 N–H and O–H groups in total. The Hall–Kier alpha value is -1.81. The molecular weight excluding hydrogens is 216 g/mol. The number of nitrogens with zero attached hydrogens (tertiary/aromatic N) is 1. The van der Waals surface area contributed by atoms with Gasteiger partial charge in [0.15, 0.2) is 5.76 Å². The minimum absolute atomic E-state index is 0.740. The van der Waals surface area contributed by atoms with Crippen molar-refractivity contribution in [1.29, 1.82) is 0 Å². The topological polar surface area (TPSA) is 47.3 Å². The lowest BCUT2D eigenvalue weighted by atomic mass is 10.1. The van der Waals surface area contributed by atoms with Gasteiger partial charge in [0, 0.05) is 24.1 Å². The van der Waals surface area contributed by atoms with Crippen LogP contribution in [0.25, 0.3) is 11.3 Å². The summed E-state index contributed by atoms with van der Waals surface area (Å²) in [6.07, 6.45) is 0.898. The van der Waals surface area contributed by atoms with Crippen LogP contribution in [0.2, 0.25) is 0 Å². The molecule has 0 fully saturated rings. The fourth-order valence-electron chi connectivity index (χ4n) is 2.28. The highest BCUT2D eigenvalue weighted by Crippen LogP contribution is 2.40. The summed E-state index contributed by atoms with van der Waals surface area (Å²) in [5.74, 6) is 1.74. The second-order valence-corrected chi connectivity index (χ2v) is 4.17. The molecule has 0 amide bonds. The maximum Gasteiger partial charge on any atom is 0.171 e. The lowest BCUT2D eigenvalue weighted by molar-refractivity contribution is 0.412. The number of nitrogens with one attached hydrogen (secondary N) is 1. The molecule has 1 aromatic carbocycles. The van der Waals surface area contributed by atoms with Crippen LogP contribution in [0.1, 0.15) is 16.8 Å². The third kappa shape index (κ3) is 1.52. The van der Waals surface area contributed by atoms with Crippen LogP contribution >= 0.6 is 0 Å². The van der Waals surface area contributed by atoms with Crippen molar-refractivity contribution in [3.63, 3.8) is 0 Å². The number of rotatable bonds is 3. The first-order valence-corrected chi connectivity index (χ1v) is 5.62. The molecule has 88 valence electrons. The SMILES string of the molecule is CNCc1noc2c1Cc1ccc(OC)cc1-2. The quantitative estimate of drug-likeness (QED) is 0.747. The first-order valence-electron chi connectivity index (χ1n) is 5.62. The highest BCUT2D eigenvalue weighted by atomic mass is 16.5. The number of methoxy groups -OCH3 is 1. The summed E-state index contributed by atoms with van der Waals surface area (Å²) in [6, 6.07) is 6.08. The maximum atomic E-state index is 5.44. The van der Waals surface area contributed by atoms with Gasteiger partial charge < -0.3 is 14.6 Å². The third-order valence-corrected chi connectivity index (χ3v) is 3.14. The van der Waals surface area contributed by atoms with Crippen molar-refractivity contribution >= 4 is 0 Å². The zero-order valence-electron chi connectivity index (χ0n) is 9.91. The first-order chi connectivity index (χ1) is 8.33. The minimum Gasteiger partial charge on any atom is -0.497 e. The van der Waals surface area contributed by atoms with Crippen LogP contribution in [0.5, 0.6) is 5.75 Å². The molecule has 0 aliphatic heterocycles. The number of fused-ring (bicyclic) bond motifs is 3. The van der Waals surface area contributed by atoms with E-state index in [1.165, 1.54) is 11.1 Å². The zero-order chi connectivity index (χ0) is 11.8. The number of hydrogen-bond acceptors (Lipinski definition) is 4. The Bertz CT molecular complexity index is 561. The van der Waals surface area contributed by atoms with Gasteiger partial charge in [-0.1, -0.05) is 11.2 Å². The molecule has 1 aliphatic carbocycles. The Labute approximate surface area is 99.6 Å². The summed E-state index contributed by atoms with van der Waals surface area (Å²) in [5, 5.41) is 7.21. The summed E-state index contributed by atoms with van der Waals surface area (Å²) in [7, 11) is 3.58. The lowest BCUT2D eigenvalue weighted by Gasteiger charge is -2.02. The summed E-state index contributed by atoms with van der Waals surface area (Å²) in [5.41, 5.74) is 4.58. The molecule has 3 rings (SSSR count). The van der Waals surface area contributed by atoms with E-state index in [0.29, 0.717) is 0 Å². The molecule has 1 aromatic heterocycles. The Morgan fingerprint density at radius 1 is 1.47 bits per heavy atom. The molecular formula is C13H14N2O2. The van der Waals surface area contributed by atoms with E-state index in [9.17, 15) is 0 Å². The lowest BCUT2D eigenvalue weighted by Crippen LogP contribution is -2.07. The number of ether oxygens (including phenoxy) is 1. The van der Waals surface area contributed by atoms with Gasteiger partial charge in [-0.15, -0.1) is 0 Å². The van der Waals surface area contributed by atoms with E-state index in [-0.39, 0.29) is 0 Å². The summed E-state index contributed by atoms with van der Waals surface area (Å²) >= 11 is 0. The fourth-order valence-corrected chi connectivity index (χ4v) is 2.28. The molecule has 0 unspecified atom stereocenters. The van der Waals surface area contributed by atoms with Gasteiger partial charge >= 0.3 is 0 Å². The van der Waals surface area contributed by atoms with Crippen LogP contribution in [0.4, 0.5) is 0 Å². The Balaban J connectivity index is 2.07. The van der Waals surface area contributed by atoms with E-state index in [1.807, 2.05) is 19.2 Å². The Kier molecular flexibility index (Phi) is 2.37. The second kappa shape index (κ2) is 3.89. The molecule has 4 nitrogen and oxygen atoms in total. The van der Waals surface area contributed by atoms with Gasteiger partial charge in [-0.2, -0.15) is 0 Å². The van der Waals surface area contributed by atoms with Gasteiger partial charge in [-0.05, 0) is 24.7 Å². The third-order valence-electron chi connectivity index (χ3n) is 3.14. The Morgan fingerprint density at radius 2 is 2.35 bits per heavy atom. The molecule has 4 heteroatoms. The molecule has 1 aliphatic rings. The molecule has 1 heterocycles. The van der Waals surface area contributed by atoms with Gasteiger partial charge in [-0.3, -0.25) is 0 Å². The molecule has 0 bridgehead atoms. The summed E-state index contributed by atoms with van der Waals surface area (Å²) in [6.45, 7) is 0.740. The monoisotopic (exact) mass is 230 g/mol. The van der Waals surface area contributed by atoms with E-state index in [1.54, 1.807) is 7.11 Å². The van der Waals surface area contributed by atoms with Crippen LogP contribution < -0.4 is 10.1 Å². The normalized spacial score (nSPS) is 12.4. The molecule has 0 saturated heterocycles. The van der Waals surface area contributed by atoms with Gasteiger partial charge in [-0.25, -0.2) is 0 Å². The number of benzene rings is 1. The standard InChI is InChI=1S/C13H14N2O2/c1-14-7-12-11-5-8-3-4-9(16-2)6-10(8)13(11)17-15-12/h3-4,6,14H,5,7H2,1-2H3. The van der Waals surface area contributed by atoms with Crippen LogP contribution in [0.3, 0.4) is 0 Å². The van der Waals surface area contributed by atoms with Gasteiger partial charge in [0.1, 0.15) is 11.4 Å². The maximum absolute atomic E-state index is 5.44. The van der Waals surface area contributed by atoms with Crippen LogP contribution in [0.15, 0.2) is 22.7 Å². The van der Waals surface area contributed by atoms with Crippen molar-refractivity contribution in [2.75, 3.05) is 14.2 Å². The van der Waals surface area contributed by atoms with Gasteiger partial charge in [0.05, 0.1) is 7.11 Å². The van der Waals surface area contributed by atoms with Crippen LogP contribution in [-0.4, -0.2) is 19.3 Å². The minimum atomic E-state index is 0.740. The molecule has 0 spiro atoms. The average molecular weight is 230 g/mol. The Morgan fingerprint density at radius 3 is 3.12 bits per heavy atom. The predicted molar refractivity (Wildman–Crippen MR) is 64.1 cm³/mol. The van der Waals surface area contributed by atoms with E-state index in [4.69, 9.17) is 9.26 Å². The predicted octanol–water partition coefficient (Wildman–Crippen LogP) is 1.97. The van der Waals surface area contributed by atoms with Crippen molar-refractivity contribution in [3.05, 3.63) is 35.0 Å². The van der Waals surface area contributed by atoms with Crippen molar-refractivity contribution in [2.45, 2.75) is 13.0 Å². The molecule has 2 aromatic rings. The number of aromatic nitrogens is 1. The van der Waals surface area contributed by atoms with E-state index >= 15 is 0 Å². The molecule has 0 saturated carbocycles. The van der Waals surface area contributed by atoms with Crippen LogP contribution in [-0.2, 0) is 13.0 Å². The second-order valence-electron chi connectivity index (χ2n) is 4.17. The largest absolute Gasteiger partial charge is 0.497 e. The van der Waals surface area contributed by atoms with Crippen molar-refractivity contribution < 1.29 is 9.26 Å². The van der Waals surface area contributed by atoms with E-state index in [0.717, 1.165) is 35.7 Å². The number of hydrogen-bond donors (Lipinski definition) is 1. The van der Waals surface area contributed by atoms with E-state index < -0.39 is 0 Å². The molecule has 0 radical (unpaired) electrons.